The number of rotatable bonds is 8. The van der Waals surface area contributed by atoms with Crippen LogP contribution < -0.4 is 10.6 Å². The molecule has 6 heteroatoms. The molecule has 2 N–H and O–H groups in total. The van der Waals surface area contributed by atoms with Crippen molar-refractivity contribution in [2.45, 2.75) is 39.2 Å². The molecule has 0 amide bonds. The average molecular weight is 433 g/mol. The third kappa shape index (κ3) is 9.43. The van der Waals surface area contributed by atoms with Gasteiger partial charge in [0.15, 0.2) is 5.96 Å². The lowest BCUT2D eigenvalue weighted by atomic mass is 10.1. The van der Waals surface area contributed by atoms with E-state index in [2.05, 4.69) is 39.4 Å². The molecule has 23 heavy (non-hydrogen) atoms. The van der Waals surface area contributed by atoms with Crippen molar-refractivity contribution in [3.63, 3.8) is 0 Å². The number of ether oxygens (including phenoxy) is 1. The van der Waals surface area contributed by atoms with E-state index in [9.17, 15) is 4.79 Å². The zero-order chi connectivity index (χ0) is 16.2. The van der Waals surface area contributed by atoms with Crippen LogP contribution in [0.3, 0.4) is 0 Å². The molecular weight excluding hydrogens is 405 g/mol. The van der Waals surface area contributed by atoms with Crippen molar-refractivity contribution >= 4 is 35.9 Å². The maximum Gasteiger partial charge on any atom is 0.305 e. The van der Waals surface area contributed by atoms with Gasteiger partial charge in [-0.2, -0.15) is 0 Å². The second kappa shape index (κ2) is 13.2. The Kier molecular flexibility index (Phi) is 12.4. The van der Waals surface area contributed by atoms with Crippen LogP contribution in [0.15, 0.2) is 35.3 Å². The number of nitrogens with one attached hydrogen (secondary N) is 2. The molecule has 5 nitrogen and oxygen atoms in total. The minimum atomic E-state index is -0.160. The summed E-state index contributed by atoms with van der Waals surface area (Å²) in [5.41, 5.74) is 1.22. The highest BCUT2D eigenvalue weighted by Gasteiger charge is 2.06. The summed E-state index contributed by atoms with van der Waals surface area (Å²) in [6, 6.07) is 10.5. The van der Waals surface area contributed by atoms with Gasteiger partial charge in [0.25, 0.3) is 0 Å². The second-order valence-corrected chi connectivity index (χ2v) is 5.07. The predicted octanol–water partition coefficient (Wildman–Crippen LogP) is 3.26. The van der Waals surface area contributed by atoms with Crippen molar-refractivity contribution in [2.75, 3.05) is 20.2 Å². The summed E-state index contributed by atoms with van der Waals surface area (Å²) in [7, 11) is 1.42. The van der Waals surface area contributed by atoms with Crippen LogP contribution in [0.25, 0.3) is 0 Å². The van der Waals surface area contributed by atoms with Crippen LogP contribution in [0.2, 0.25) is 0 Å². The first-order valence-electron chi connectivity index (χ1n) is 7.84. The zero-order valence-corrected chi connectivity index (χ0v) is 16.5. The monoisotopic (exact) mass is 433 g/mol. The first-order chi connectivity index (χ1) is 10.7. The van der Waals surface area contributed by atoms with Gasteiger partial charge in [-0.1, -0.05) is 30.3 Å². The Morgan fingerprint density at radius 2 is 1.96 bits per heavy atom. The fraction of sp³-hybridized carbons (Fsp3) is 0.529. The summed E-state index contributed by atoms with van der Waals surface area (Å²) in [4.78, 5) is 15.6. The standard InChI is InChI=1S/C17H27N3O2.HI/c1-4-18-17(19-13-9-8-12-16(21)22-3)20-14(2)15-10-6-5-7-11-15;/h5-7,10-11,14H,4,8-9,12-13H2,1-3H3,(H2,18,19,20);1H. The molecule has 0 saturated heterocycles. The predicted molar refractivity (Wildman–Crippen MR) is 105 cm³/mol. The molecule has 1 aromatic rings. The van der Waals surface area contributed by atoms with E-state index >= 15 is 0 Å². The summed E-state index contributed by atoms with van der Waals surface area (Å²) in [6.45, 7) is 5.66. The molecule has 0 radical (unpaired) electrons. The van der Waals surface area contributed by atoms with Crippen molar-refractivity contribution in [1.82, 2.24) is 10.6 Å². The van der Waals surface area contributed by atoms with E-state index in [4.69, 9.17) is 0 Å². The third-order valence-corrected chi connectivity index (χ3v) is 3.28. The normalized spacial score (nSPS) is 12.0. The number of halogens is 1. The molecular formula is C17H28IN3O2. The number of guanidine groups is 1. The highest BCUT2D eigenvalue weighted by molar-refractivity contribution is 14.0. The Labute approximate surface area is 156 Å². The molecule has 130 valence electrons. The van der Waals surface area contributed by atoms with Gasteiger partial charge >= 0.3 is 5.97 Å². The Morgan fingerprint density at radius 1 is 1.26 bits per heavy atom. The Bertz CT molecular complexity index is 466. The van der Waals surface area contributed by atoms with Crippen LogP contribution >= 0.6 is 24.0 Å². The van der Waals surface area contributed by atoms with E-state index in [0.717, 1.165) is 25.3 Å². The van der Waals surface area contributed by atoms with Crippen molar-refractivity contribution in [3.8, 4) is 0 Å². The average Bonchev–Trinajstić information content (AvgIpc) is 2.55. The smallest absolute Gasteiger partial charge is 0.305 e. The van der Waals surface area contributed by atoms with Gasteiger partial charge in [-0.3, -0.25) is 9.79 Å². The number of hydrogen-bond donors (Lipinski definition) is 2. The van der Waals surface area contributed by atoms with Crippen molar-refractivity contribution in [2.24, 2.45) is 4.99 Å². The summed E-state index contributed by atoms with van der Waals surface area (Å²) in [6.07, 6.45) is 2.12. The van der Waals surface area contributed by atoms with Gasteiger partial charge in [0.2, 0.25) is 0 Å². The van der Waals surface area contributed by atoms with Crippen LogP contribution in [-0.4, -0.2) is 32.1 Å². The molecule has 1 rings (SSSR count). The number of aliphatic imine (C=N–C) groups is 1. The van der Waals surface area contributed by atoms with Crippen LogP contribution in [0.5, 0.6) is 0 Å². The van der Waals surface area contributed by atoms with E-state index in [1.807, 2.05) is 25.1 Å². The fourth-order valence-electron chi connectivity index (χ4n) is 2.02. The Balaban J connectivity index is 0.00000484. The van der Waals surface area contributed by atoms with Crippen molar-refractivity contribution in [3.05, 3.63) is 35.9 Å². The molecule has 0 spiro atoms. The van der Waals surface area contributed by atoms with E-state index in [0.29, 0.717) is 13.0 Å². The maximum absolute atomic E-state index is 11.0. The summed E-state index contributed by atoms with van der Waals surface area (Å²) in [5, 5.41) is 6.63. The molecule has 0 aromatic heterocycles. The Morgan fingerprint density at radius 3 is 2.57 bits per heavy atom. The van der Waals surface area contributed by atoms with Crippen molar-refractivity contribution < 1.29 is 9.53 Å². The number of carbonyl (C=O) groups excluding carboxylic acids is 1. The molecule has 0 aliphatic rings. The Hall–Kier alpha value is -1.31. The van der Waals surface area contributed by atoms with Crippen LogP contribution in [-0.2, 0) is 9.53 Å². The van der Waals surface area contributed by atoms with E-state index in [1.165, 1.54) is 12.7 Å². The molecule has 0 fully saturated rings. The van der Waals surface area contributed by atoms with Gasteiger partial charge in [0.05, 0.1) is 13.2 Å². The minimum Gasteiger partial charge on any atom is -0.469 e. The van der Waals surface area contributed by atoms with Crippen LogP contribution in [0.1, 0.15) is 44.7 Å². The topological polar surface area (TPSA) is 62.7 Å². The summed E-state index contributed by atoms with van der Waals surface area (Å²) in [5.74, 6) is 0.642. The van der Waals surface area contributed by atoms with E-state index < -0.39 is 0 Å². The number of hydrogen-bond acceptors (Lipinski definition) is 3. The lowest BCUT2D eigenvalue weighted by Crippen LogP contribution is -2.38. The molecule has 0 aliphatic carbocycles. The largest absolute Gasteiger partial charge is 0.469 e. The maximum atomic E-state index is 11.0. The van der Waals surface area contributed by atoms with E-state index in [-0.39, 0.29) is 36.0 Å². The van der Waals surface area contributed by atoms with Gasteiger partial charge in [0.1, 0.15) is 0 Å². The third-order valence-electron chi connectivity index (χ3n) is 3.28. The quantitative estimate of drug-likeness (QED) is 0.217. The minimum absolute atomic E-state index is 0. The molecule has 0 bridgehead atoms. The molecule has 1 aromatic carbocycles. The highest BCUT2D eigenvalue weighted by atomic mass is 127. The number of methoxy groups -OCH3 is 1. The zero-order valence-electron chi connectivity index (χ0n) is 14.2. The van der Waals surface area contributed by atoms with Gasteiger partial charge in [-0.15, -0.1) is 24.0 Å². The number of benzene rings is 1. The highest BCUT2D eigenvalue weighted by Crippen LogP contribution is 2.10. The first-order valence-corrected chi connectivity index (χ1v) is 7.84. The molecule has 0 aliphatic heterocycles. The molecule has 1 unspecified atom stereocenters. The van der Waals surface area contributed by atoms with Crippen LogP contribution in [0.4, 0.5) is 0 Å². The lowest BCUT2D eigenvalue weighted by molar-refractivity contribution is -0.140. The molecule has 0 saturated carbocycles. The summed E-state index contributed by atoms with van der Waals surface area (Å²) < 4.78 is 4.62. The second-order valence-electron chi connectivity index (χ2n) is 5.07. The number of esters is 1. The fourth-order valence-corrected chi connectivity index (χ4v) is 2.02. The SMILES string of the molecule is CCNC(=NCCCCC(=O)OC)NC(C)c1ccccc1.I. The number of unbranched alkanes of at least 4 members (excludes halogenated alkanes) is 1. The van der Waals surface area contributed by atoms with Gasteiger partial charge in [-0.25, -0.2) is 0 Å². The van der Waals surface area contributed by atoms with Gasteiger partial charge in [0, 0.05) is 19.5 Å². The first kappa shape index (κ1) is 21.7. The number of carbonyl (C=O) groups is 1. The van der Waals surface area contributed by atoms with Gasteiger partial charge in [-0.05, 0) is 32.3 Å². The number of nitrogens with zero attached hydrogens (tertiary/aromatic N) is 1. The van der Waals surface area contributed by atoms with Crippen molar-refractivity contribution in [1.29, 1.82) is 0 Å². The van der Waals surface area contributed by atoms with E-state index in [1.54, 1.807) is 0 Å². The summed E-state index contributed by atoms with van der Waals surface area (Å²) >= 11 is 0. The van der Waals surface area contributed by atoms with Crippen LogP contribution in [0, 0.1) is 0 Å². The lowest BCUT2D eigenvalue weighted by Gasteiger charge is -2.18. The molecule has 0 heterocycles. The molecule has 1 atom stereocenters. The van der Waals surface area contributed by atoms with Gasteiger partial charge < -0.3 is 15.4 Å².